The highest BCUT2D eigenvalue weighted by molar-refractivity contribution is 5.96. The molecule has 0 spiro atoms. The third kappa shape index (κ3) is 10.4. The highest BCUT2D eigenvalue weighted by Gasteiger charge is 2.39. The quantitative estimate of drug-likeness (QED) is 0.136. The maximum Gasteiger partial charge on any atom is 0.470 e. The molecule has 4 aromatic carbocycles. The number of carbonyl (C=O) groups is 2. The molecule has 1 N–H and O–H groups in total. The van der Waals surface area contributed by atoms with E-state index in [0.29, 0.717) is 37.3 Å². The minimum atomic E-state index is -4.68. The Labute approximate surface area is 345 Å². The number of benzene rings is 4. The average molecular weight is 855 g/mol. The van der Waals surface area contributed by atoms with Crippen LogP contribution in [0.2, 0.25) is 0 Å². The summed E-state index contributed by atoms with van der Waals surface area (Å²) in [4.78, 5) is 31.4. The SMILES string of the molecule is CN1CC(C(=O)N(Cc2ccc(-c3nnc(C(F)(F)F)o3)cc2)c2ccccc2)C1.Cl.O=C(C1CNC1)N(Cc1ccc(-c2nnc(C(F)(F)F)o2)cc1)c1ccccc1. The van der Waals surface area contributed by atoms with Crippen molar-refractivity contribution < 1.29 is 44.8 Å². The van der Waals surface area contributed by atoms with E-state index in [2.05, 4.69) is 30.6 Å². The fourth-order valence-corrected chi connectivity index (χ4v) is 6.35. The zero-order valence-corrected chi connectivity index (χ0v) is 32.5. The van der Waals surface area contributed by atoms with Gasteiger partial charge in [-0.05, 0) is 66.7 Å². The highest BCUT2D eigenvalue weighted by Crippen LogP contribution is 2.32. The Balaban J connectivity index is 0.000000198. The van der Waals surface area contributed by atoms with Crippen molar-refractivity contribution in [3.05, 3.63) is 132 Å². The van der Waals surface area contributed by atoms with E-state index >= 15 is 0 Å². The van der Waals surface area contributed by atoms with E-state index in [1.807, 2.05) is 67.7 Å². The molecule has 2 fully saturated rings. The number of carbonyl (C=O) groups excluding carboxylic acids is 2. The summed E-state index contributed by atoms with van der Waals surface area (Å²) in [7, 11) is 1.97. The molecule has 2 aliphatic heterocycles. The van der Waals surface area contributed by atoms with Gasteiger partial charge in [0.25, 0.3) is 0 Å². The number of alkyl halides is 6. The maximum atomic E-state index is 13.0. The van der Waals surface area contributed by atoms with Crippen LogP contribution in [-0.2, 0) is 35.0 Å². The molecule has 2 aromatic heterocycles. The molecule has 6 aromatic rings. The summed E-state index contributed by atoms with van der Waals surface area (Å²) >= 11 is 0. The lowest BCUT2D eigenvalue weighted by atomic mass is 9.98. The number of anilines is 2. The van der Waals surface area contributed by atoms with Crippen LogP contribution < -0.4 is 15.1 Å². The van der Waals surface area contributed by atoms with Crippen LogP contribution in [0.1, 0.15) is 22.9 Å². The molecule has 0 bridgehead atoms. The Morgan fingerprint density at radius 1 is 0.617 bits per heavy atom. The van der Waals surface area contributed by atoms with Gasteiger partial charge in [0.2, 0.25) is 23.6 Å². The predicted molar refractivity (Wildman–Crippen MR) is 209 cm³/mol. The Hall–Kier alpha value is -6.11. The van der Waals surface area contributed by atoms with Crippen LogP contribution in [0.25, 0.3) is 22.9 Å². The predicted octanol–water partition coefficient (Wildman–Crippen LogP) is 7.78. The summed E-state index contributed by atoms with van der Waals surface area (Å²) in [5, 5.41) is 16.1. The Kier molecular flexibility index (Phi) is 13.4. The number of likely N-dealkylation sites (tertiary alicyclic amines) is 1. The molecular formula is C41H37ClF6N8O4. The molecule has 12 nitrogen and oxygen atoms in total. The second-order valence-electron chi connectivity index (χ2n) is 14.0. The lowest BCUT2D eigenvalue weighted by Gasteiger charge is -2.38. The molecule has 4 heterocycles. The van der Waals surface area contributed by atoms with Crippen LogP contribution in [0.3, 0.4) is 0 Å². The normalized spacial score (nSPS) is 14.5. The molecule has 0 aliphatic carbocycles. The van der Waals surface area contributed by atoms with Crippen molar-refractivity contribution in [1.82, 2.24) is 30.6 Å². The monoisotopic (exact) mass is 854 g/mol. The van der Waals surface area contributed by atoms with Crippen LogP contribution in [0.5, 0.6) is 0 Å². The van der Waals surface area contributed by atoms with Gasteiger partial charge < -0.3 is 28.9 Å². The molecular weight excluding hydrogens is 818 g/mol. The second-order valence-corrected chi connectivity index (χ2v) is 14.0. The number of para-hydroxylation sites is 2. The lowest BCUT2D eigenvalue weighted by Crippen LogP contribution is -2.52. The van der Waals surface area contributed by atoms with E-state index in [4.69, 9.17) is 8.83 Å². The number of amides is 2. The topological polar surface area (TPSA) is 134 Å². The molecule has 0 atom stereocenters. The largest absolute Gasteiger partial charge is 0.470 e. The van der Waals surface area contributed by atoms with E-state index in [9.17, 15) is 35.9 Å². The van der Waals surface area contributed by atoms with Gasteiger partial charge in [0.05, 0.1) is 24.9 Å². The van der Waals surface area contributed by atoms with E-state index in [1.165, 1.54) is 0 Å². The van der Waals surface area contributed by atoms with Crippen molar-refractivity contribution in [2.75, 3.05) is 43.0 Å². The van der Waals surface area contributed by atoms with E-state index < -0.39 is 24.1 Å². The number of hydrogen-bond acceptors (Lipinski definition) is 10. The highest BCUT2D eigenvalue weighted by atomic mass is 35.5. The molecule has 19 heteroatoms. The van der Waals surface area contributed by atoms with Crippen molar-refractivity contribution in [3.63, 3.8) is 0 Å². The third-order valence-electron chi connectivity index (χ3n) is 9.63. The fraction of sp³-hybridized carbons (Fsp3) is 0.268. The van der Waals surface area contributed by atoms with Crippen molar-refractivity contribution in [3.8, 4) is 22.9 Å². The zero-order chi connectivity index (χ0) is 41.7. The van der Waals surface area contributed by atoms with E-state index in [0.717, 1.165) is 35.6 Å². The first-order valence-electron chi connectivity index (χ1n) is 18.3. The molecule has 2 amide bonds. The molecule has 2 aliphatic rings. The first kappa shape index (κ1) is 43.5. The van der Waals surface area contributed by atoms with Crippen LogP contribution >= 0.6 is 12.4 Å². The number of halogens is 7. The summed E-state index contributed by atoms with van der Waals surface area (Å²) in [5.41, 5.74) is 4.00. The smallest absolute Gasteiger partial charge is 0.413 e. The van der Waals surface area contributed by atoms with Gasteiger partial charge in [-0.3, -0.25) is 9.59 Å². The average Bonchev–Trinajstić information content (AvgIpc) is 3.91. The molecule has 60 heavy (non-hydrogen) atoms. The number of hydrogen-bond donors (Lipinski definition) is 1. The van der Waals surface area contributed by atoms with Gasteiger partial charge in [0.1, 0.15) is 0 Å². The molecule has 0 radical (unpaired) electrons. The zero-order valence-electron chi connectivity index (χ0n) is 31.7. The van der Waals surface area contributed by atoms with Crippen LogP contribution in [0.4, 0.5) is 37.7 Å². The molecule has 0 unspecified atom stereocenters. The summed E-state index contributed by atoms with van der Waals surface area (Å²) < 4.78 is 85.2. The number of aromatic nitrogens is 4. The summed E-state index contributed by atoms with van der Waals surface area (Å²) in [6.45, 7) is 3.44. The van der Waals surface area contributed by atoms with Crippen molar-refractivity contribution >= 4 is 35.6 Å². The van der Waals surface area contributed by atoms with Gasteiger partial charge in [0, 0.05) is 48.7 Å². The summed E-state index contributed by atoms with van der Waals surface area (Å²) in [5.74, 6) is -3.20. The van der Waals surface area contributed by atoms with Gasteiger partial charge in [-0.15, -0.1) is 32.8 Å². The first-order chi connectivity index (χ1) is 28.2. The van der Waals surface area contributed by atoms with E-state index in [-0.39, 0.29) is 47.8 Å². The number of nitrogens with one attached hydrogen (secondary N) is 1. The van der Waals surface area contributed by atoms with Gasteiger partial charge in [0.15, 0.2) is 0 Å². The minimum Gasteiger partial charge on any atom is -0.413 e. The minimum absolute atomic E-state index is 0. The van der Waals surface area contributed by atoms with Gasteiger partial charge >= 0.3 is 24.1 Å². The first-order valence-corrected chi connectivity index (χ1v) is 18.3. The Morgan fingerprint density at radius 2 is 1.00 bits per heavy atom. The molecule has 8 rings (SSSR count). The number of rotatable bonds is 10. The van der Waals surface area contributed by atoms with Crippen LogP contribution in [0.15, 0.2) is 118 Å². The summed E-state index contributed by atoms with van der Waals surface area (Å²) in [6.07, 6.45) is -9.37. The van der Waals surface area contributed by atoms with Gasteiger partial charge in [-0.25, -0.2) is 0 Å². The van der Waals surface area contributed by atoms with Gasteiger partial charge in [-0.1, -0.05) is 60.7 Å². The number of nitrogens with zero attached hydrogens (tertiary/aromatic N) is 7. The van der Waals surface area contributed by atoms with Crippen molar-refractivity contribution in [2.24, 2.45) is 11.8 Å². The molecule has 314 valence electrons. The van der Waals surface area contributed by atoms with Gasteiger partial charge in [-0.2, -0.15) is 26.3 Å². The molecule has 2 saturated heterocycles. The van der Waals surface area contributed by atoms with Crippen LogP contribution in [0, 0.1) is 11.8 Å². The lowest BCUT2D eigenvalue weighted by molar-refractivity contribution is -0.157. The maximum absolute atomic E-state index is 13.0. The fourth-order valence-electron chi connectivity index (χ4n) is 6.35. The third-order valence-corrected chi connectivity index (χ3v) is 9.63. The van der Waals surface area contributed by atoms with Crippen molar-refractivity contribution in [1.29, 1.82) is 0 Å². The Morgan fingerprint density at radius 3 is 1.32 bits per heavy atom. The van der Waals surface area contributed by atoms with E-state index in [1.54, 1.807) is 58.3 Å². The summed E-state index contributed by atoms with van der Waals surface area (Å²) in [6, 6.07) is 32.1. The van der Waals surface area contributed by atoms with Crippen LogP contribution in [-0.4, -0.2) is 70.3 Å². The molecule has 0 saturated carbocycles. The Bertz CT molecular complexity index is 2330. The second kappa shape index (κ2) is 18.4. The van der Waals surface area contributed by atoms with Crippen molar-refractivity contribution in [2.45, 2.75) is 25.4 Å². The standard InChI is InChI=1S/C21H19F3N4O2.C20H17F3N4O2.ClH/c1-27-12-16(13-27)19(29)28(17-5-3-2-4-6-17)11-14-7-9-15(10-8-14)18-25-26-20(30-18)21(22,23)24;21-20(22,23)19-26-25-17(29-19)14-8-6-13(7-9-14)12-27(16-4-2-1-3-5-16)18(28)15-10-24-11-15;/h2-10,16H,11-13H2,1H3;1-9,15,24H,10-12H2;1H.